The van der Waals surface area contributed by atoms with Gasteiger partial charge in [-0.25, -0.2) is 4.57 Å². The van der Waals surface area contributed by atoms with Crippen molar-refractivity contribution in [2.45, 2.75) is 13.0 Å². The van der Waals surface area contributed by atoms with Gasteiger partial charge in [0.25, 0.3) is 20.2 Å². The molecule has 6 nitrogen and oxygen atoms in total. The van der Waals surface area contributed by atoms with E-state index in [1.807, 2.05) is 18.2 Å². The topological polar surface area (TPSA) is 81.4 Å². The molecule has 1 aromatic heterocycles. The van der Waals surface area contributed by atoms with Crippen molar-refractivity contribution < 1.29 is 25.0 Å². The largest absolute Gasteiger partial charge is 0.282 e. The molecule has 0 amide bonds. The van der Waals surface area contributed by atoms with E-state index >= 15 is 0 Å². The van der Waals surface area contributed by atoms with E-state index in [0.717, 1.165) is 0 Å². The van der Waals surface area contributed by atoms with Crippen molar-refractivity contribution in [1.82, 2.24) is 0 Å². The minimum atomic E-state index is -4.01. The zero-order valence-electron chi connectivity index (χ0n) is 9.31. The summed E-state index contributed by atoms with van der Waals surface area (Å²) in [6.45, 7) is 0.479. The number of nitrogens with zero attached hydrogens (tertiary/aromatic N) is 1. The summed E-state index contributed by atoms with van der Waals surface area (Å²) in [6, 6.07) is 5.49. The monoisotopic (exact) mass is 280 g/mol. The zero-order valence-corrected chi connectivity index (χ0v) is 10.9. The summed E-state index contributed by atoms with van der Waals surface area (Å²) < 4.78 is 49.6. The van der Waals surface area contributed by atoms with E-state index in [9.17, 15) is 16.8 Å². The molecule has 0 aliphatic rings. The molecule has 0 aromatic carbocycles. The Morgan fingerprint density at radius 2 is 1.65 bits per heavy atom. The highest BCUT2D eigenvalue weighted by atomic mass is 32.3. The zero-order chi connectivity index (χ0) is 12.9. The van der Waals surface area contributed by atoms with Crippen LogP contribution in [0.2, 0.25) is 0 Å². The second-order valence-corrected chi connectivity index (χ2v) is 6.98. The molecule has 17 heavy (non-hydrogen) atoms. The fraction of sp³-hybridized carbons (Fsp3) is 0.444. The van der Waals surface area contributed by atoms with Crippen molar-refractivity contribution >= 4 is 20.2 Å². The molecule has 1 aromatic rings. The van der Waals surface area contributed by atoms with Crippen LogP contribution in [0.15, 0.2) is 30.6 Å². The summed E-state index contributed by atoms with van der Waals surface area (Å²) in [5, 5.41) is 0. The van der Waals surface area contributed by atoms with Gasteiger partial charge in [-0.05, 0) is 0 Å². The van der Waals surface area contributed by atoms with Crippen molar-refractivity contribution in [3.05, 3.63) is 30.6 Å². The second-order valence-electron chi connectivity index (χ2n) is 3.50. The van der Waals surface area contributed by atoms with E-state index in [1.54, 1.807) is 17.0 Å². The van der Waals surface area contributed by atoms with Gasteiger partial charge in [0, 0.05) is 18.6 Å². The Morgan fingerprint density at radius 1 is 1.06 bits per heavy atom. The van der Waals surface area contributed by atoms with Crippen LogP contribution < -0.4 is 4.57 Å². The molecule has 0 fully saturated rings. The highest BCUT2D eigenvalue weighted by molar-refractivity contribution is 7.99. The van der Waals surface area contributed by atoms with Crippen LogP contribution >= 0.6 is 0 Å². The molecule has 0 bridgehead atoms. The quantitative estimate of drug-likeness (QED) is 0.666. The highest BCUT2D eigenvalue weighted by Crippen LogP contribution is 2.01. The van der Waals surface area contributed by atoms with Gasteiger partial charge < -0.3 is 0 Å². The molecule has 96 valence electrons. The van der Waals surface area contributed by atoms with Crippen LogP contribution in [0.1, 0.15) is 6.42 Å². The molecule has 1 rings (SSSR count). The molecule has 8 heteroatoms. The molecule has 0 unspecified atom stereocenters. The Bertz CT molecular complexity index is 550. The number of aromatic nitrogens is 1. The van der Waals surface area contributed by atoms with Gasteiger partial charge in [0.2, 0.25) is 0 Å². The molecule has 0 N–H and O–H groups in total. The predicted molar refractivity (Wildman–Crippen MR) is 61.0 cm³/mol. The highest BCUT2D eigenvalue weighted by Gasteiger charge is 2.18. The fourth-order valence-corrected chi connectivity index (χ4v) is 3.49. The Labute approximate surface area is 101 Å². The Hall–Kier alpha value is -0.990. The standard InChI is InChI=1S/C9H14NO5S2/c1-16(11,12)15-17(13,14)9-5-8-10-6-3-2-4-7-10/h2-4,6-7H,5,8-9H2,1H3/q+1. The van der Waals surface area contributed by atoms with E-state index in [4.69, 9.17) is 0 Å². The van der Waals surface area contributed by atoms with Crippen molar-refractivity contribution in [2.75, 3.05) is 12.0 Å². The lowest BCUT2D eigenvalue weighted by atomic mass is 10.4. The Morgan fingerprint density at radius 3 is 2.18 bits per heavy atom. The van der Waals surface area contributed by atoms with Gasteiger partial charge in [-0.2, -0.15) is 16.8 Å². The van der Waals surface area contributed by atoms with Crippen LogP contribution in [0.5, 0.6) is 0 Å². The summed E-state index contributed by atoms with van der Waals surface area (Å²) in [7, 11) is -7.98. The third kappa shape index (κ3) is 6.35. The SMILES string of the molecule is CS(=O)(=O)OS(=O)(=O)CCC[n+]1ccccc1. The number of aryl methyl sites for hydroxylation is 1. The minimum Gasteiger partial charge on any atom is -0.205 e. The molecule has 0 aliphatic carbocycles. The maximum absolute atomic E-state index is 11.2. The van der Waals surface area contributed by atoms with Crippen molar-refractivity contribution in [3.63, 3.8) is 0 Å². The van der Waals surface area contributed by atoms with E-state index in [0.29, 0.717) is 12.8 Å². The number of hydrogen-bond acceptors (Lipinski definition) is 5. The van der Waals surface area contributed by atoms with Crippen LogP contribution in [0, 0.1) is 0 Å². The molecule has 0 atom stereocenters. The van der Waals surface area contributed by atoms with Crippen LogP contribution in [0.3, 0.4) is 0 Å². The summed E-state index contributed by atoms with van der Waals surface area (Å²) in [5.74, 6) is -0.331. The number of hydrogen-bond donors (Lipinski definition) is 0. The van der Waals surface area contributed by atoms with E-state index < -0.39 is 20.2 Å². The van der Waals surface area contributed by atoms with Gasteiger partial charge in [-0.1, -0.05) is 6.07 Å². The lowest BCUT2D eigenvalue weighted by Gasteiger charge is -2.01. The minimum absolute atomic E-state index is 0.284. The molecule has 0 spiro atoms. The first-order valence-corrected chi connectivity index (χ1v) is 8.26. The average Bonchev–Trinajstić information content (AvgIpc) is 2.15. The molecule has 0 saturated carbocycles. The van der Waals surface area contributed by atoms with Gasteiger partial charge in [0.15, 0.2) is 12.4 Å². The molecule has 0 aliphatic heterocycles. The van der Waals surface area contributed by atoms with E-state index in [-0.39, 0.29) is 12.2 Å². The molecule has 0 radical (unpaired) electrons. The number of rotatable bonds is 6. The lowest BCUT2D eigenvalue weighted by Crippen LogP contribution is -2.33. The van der Waals surface area contributed by atoms with Crippen LogP contribution in [-0.4, -0.2) is 28.8 Å². The summed E-state index contributed by atoms with van der Waals surface area (Å²) in [4.78, 5) is 0. The third-order valence-electron chi connectivity index (χ3n) is 1.82. The van der Waals surface area contributed by atoms with Gasteiger partial charge >= 0.3 is 0 Å². The van der Waals surface area contributed by atoms with Gasteiger partial charge in [0.05, 0.1) is 12.0 Å². The third-order valence-corrected chi connectivity index (χ3v) is 4.42. The fourth-order valence-electron chi connectivity index (χ4n) is 1.23. The van der Waals surface area contributed by atoms with Crippen molar-refractivity contribution in [2.24, 2.45) is 0 Å². The molecule has 1 heterocycles. The van der Waals surface area contributed by atoms with Crippen LogP contribution in [0.4, 0.5) is 0 Å². The predicted octanol–water partition coefficient (Wildman–Crippen LogP) is -0.330. The smallest absolute Gasteiger partial charge is 0.205 e. The van der Waals surface area contributed by atoms with E-state index in [2.05, 4.69) is 3.63 Å². The second kappa shape index (κ2) is 5.56. The van der Waals surface area contributed by atoms with Crippen molar-refractivity contribution in [1.29, 1.82) is 0 Å². The first kappa shape index (κ1) is 14.1. The van der Waals surface area contributed by atoms with Gasteiger partial charge in [-0.15, -0.1) is 3.63 Å². The summed E-state index contributed by atoms with van der Waals surface area (Å²) in [5.41, 5.74) is 0. The number of pyridine rings is 1. The first-order chi connectivity index (χ1) is 7.79. The molecule has 0 saturated heterocycles. The summed E-state index contributed by atoms with van der Waals surface area (Å²) in [6.07, 6.45) is 4.58. The van der Waals surface area contributed by atoms with Gasteiger partial charge in [0.1, 0.15) is 6.54 Å². The molecular weight excluding hydrogens is 266 g/mol. The van der Waals surface area contributed by atoms with Gasteiger partial charge in [-0.3, -0.25) is 0 Å². The maximum Gasteiger partial charge on any atom is 0.282 e. The average molecular weight is 280 g/mol. The van der Waals surface area contributed by atoms with E-state index in [1.165, 1.54) is 0 Å². The first-order valence-electron chi connectivity index (χ1n) is 4.86. The lowest BCUT2D eigenvalue weighted by molar-refractivity contribution is -0.696. The Kier molecular flexibility index (Phi) is 4.61. The van der Waals surface area contributed by atoms with Crippen LogP contribution in [-0.2, 0) is 30.4 Å². The van der Waals surface area contributed by atoms with Crippen LogP contribution in [0.25, 0.3) is 0 Å². The van der Waals surface area contributed by atoms with Crippen molar-refractivity contribution in [3.8, 4) is 0 Å². The Balaban J connectivity index is 2.47. The maximum atomic E-state index is 11.2. The normalized spacial score (nSPS) is 12.5. The summed E-state index contributed by atoms with van der Waals surface area (Å²) >= 11 is 0. The molecular formula is C9H14NO5S2+.